The highest BCUT2D eigenvalue weighted by atomic mass is 16.2. The quantitative estimate of drug-likeness (QED) is 0.897. The summed E-state index contributed by atoms with van der Waals surface area (Å²) in [7, 11) is 0. The number of carbonyl (C=O) groups is 1. The van der Waals surface area contributed by atoms with Gasteiger partial charge in [0.15, 0.2) is 0 Å². The van der Waals surface area contributed by atoms with Gasteiger partial charge >= 0.3 is 0 Å². The standard InChI is InChI=1S/C22H29N3O/c1-17-9-11-21(12-10-17)25-15-13-24(14-16-25)19(3)22(26)23-18(2)20-7-5-4-6-8-20/h4-12,18-19H,13-16H2,1-3H3,(H,23,26). The van der Waals surface area contributed by atoms with Crippen LogP contribution in [-0.4, -0.2) is 43.0 Å². The summed E-state index contributed by atoms with van der Waals surface area (Å²) in [6.45, 7) is 9.87. The number of nitrogens with zero attached hydrogens (tertiary/aromatic N) is 2. The summed E-state index contributed by atoms with van der Waals surface area (Å²) < 4.78 is 0. The molecule has 26 heavy (non-hydrogen) atoms. The number of benzene rings is 2. The summed E-state index contributed by atoms with van der Waals surface area (Å²) in [6.07, 6.45) is 0. The van der Waals surface area contributed by atoms with Crippen molar-refractivity contribution >= 4 is 11.6 Å². The van der Waals surface area contributed by atoms with E-state index in [0.29, 0.717) is 0 Å². The minimum absolute atomic E-state index is 0.0278. The molecule has 0 aliphatic carbocycles. The average Bonchev–Trinajstić information content (AvgIpc) is 2.69. The van der Waals surface area contributed by atoms with E-state index in [4.69, 9.17) is 0 Å². The second-order valence-electron chi connectivity index (χ2n) is 7.18. The monoisotopic (exact) mass is 351 g/mol. The molecule has 1 aliphatic rings. The number of anilines is 1. The molecule has 1 heterocycles. The molecule has 138 valence electrons. The van der Waals surface area contributed by atoms with Crippen molar-refractivity contribution in [3.8, 4) is 0 Å². The Labute approximate surface area is 156 Å². The van der Waals surface area contributed by atoms with Crippen molar-refractivity contribution in [1.82, 2.24) is 10.2 Å². The molecular formula is C22H29N3O. The largest absolute Gasteiger partial charge is 0.369 e. The highest BCUT2D eigenvalue weighted by Gasteiger charge is 2.26. The maximum Gasteiger partial charge on any atom is 0.237 e. The molecule has 1 amide bonds. The molecule has 0 saturated carbocycles. The minimum Gasteiger partial charge on any atom is -0.369 e. The van der Waals surface area contributed by atoms with Crippen LogP contribution >= 0.6 is 0 Å². The van der Waals surface area contributed by atoms with Gasteiger partial charge in [-0.15, -0.1) is 0 Å². The van der Waals surface area contributed by atoms with Gasteiger partial charge in [0.05, 0.1) is 12.1 Å². The molecule has 0 aromatic heterocycles. The van der Waals surface area contributed by atoms with Crippen LogP contribution in [0.3, 0.4) is 0 Å². The van der Waals surface area contributed by atoms with Gasteiger partial charge in [-0.3, -0.25) is 9.69 Å². The molecule has 2 aromatic rings. The van der Waals surface area contributed by atoms with Crippen molar-refractivity contribution in [3.05, 3.63) is 65.7 Å². The zero-order valence-electron chi connectivity index (χ0n) is 16.0. The summed E-state index contributed by atoms with van der Waals surface area (Å²) in [6, 6.07) is 18.7. The van der Waals surface area contributed by atoms with E-state index in [1.807, 2.05) is 32.0 Å². The van der Waals surface area contributed by atoms with Crippen LogP contribution in [0.2, 0.25) is 0 Å². The molecule has 1 fully saturated rings. The fourth-order valence-corrected chi connectivity index (χ4v) is 3.45. The number of nitrogens with one attached hydrogen (secondary N) is 1. The number of aryl methyl sites for hydroxylation is 1. The molecular weight excluding hydrogens is 322 g/mol. The molecule has 0 spiro atoms. The Balaban J connectivity index is 1.52. The predicted octanol–water partition coefficient (Wildman–Crippen LogP) is 3.38. The fourth-order valence-electron chi connectivity index (χ4n) is 3.45. The summed E-state index contributed by atoms with van der Waals surface area (Å²) >= 11 is 0. The molecule has 4 nitrogen and oxygen atoms in total. The molecule has 2 aromatic carbocycles. The zero-order chi connectivity index (χ0) is 18.5. The summed E-state index contributed by atoms with van der Waals surface area (Å²) in [4.78, 5) is 17.3. The van der Waals surface area contributed by atoms with Crippen molar-refractivity contribution in [3.63, 3.8) is 0 Å². The Morgan fingerprint density at radius 2 is 1.54 bits per heavy atom. The van der Waals surface area contributed by atoms with Crippen LogP contribution in [-0.2, 0) is 4.79 Å². The van der Waals surface area contributed by atoms with Gasteiger partial charge in [0.2, 0.25) is 5.91 Å². The van der Waals surface area contributed by atoms with E-state index in [1.165, 1.54) is 11.3 Å². The van der Waals surface area contributed by atoms with Gasteiger partial charge in [-0.25, -0.2) is 0 Å². The molecule has 1 N–H and O–H groups in total. The lowest BCUT2D eigenvalue weighted by Gasteiger charge is -2.38. The van der Waals surface area contributed by atoms with Crippen LogP contribution in [0.5, 0.6) is 0 Å². The van der Waals surface area contributed by atoms with Gasteiger partial charge in [0, 0.05) is 31.9 Å². The van der Waals surface area contributed by atoms with E-state index in [-0.39, 0.29) is 18.0 Å². The second kappa shape index (κ2) is 8.37. The van der Waals surface area contributed by atoms with Crippen LogP contribution in [0.25, 0.3) is 0 Å². The maximum absolute atomic E-state index is 12.6. The van der Waals surface area contributed by atoms with E-state index >= 15 is 0 Å². The molecule has 1 aliphatic heterocycles. The third kappa shape index (κ3) is 4.44. The molecule has 4 heteroatoms. The Morgan fingerprint density at radius 3 is 2.15 bits per heavy atom. The first-order valence-corrected chi connectivity index (χ1v) is 9.45. The molecule has 0 bridgehead atoms. The van der Waals surface area contributed by atoms with Crippen LogP contribution < -0.4 is 10.2 Å². The van der Waals surface area contributed by atoms with Crippen molar-refractivity contribution in [2.24, 2.45) is 0 Å². The lowest BCUT2D eigenvalue weighted by Crippen LogP contribution is -2.54. The predicted molar refractivity (Wildman–Crippen MR) is 107 cm³/mol. The molecule has 3 rings (SSSR count). The fraction of sp³-hybridized carbons (Fsp3) is 0.409. The van der Waals surface area contributed by atoms with Crippen molar-refractivity contribution in [2.45, 2.75) is 32.9 Å². The summed E-state index contributed by atoms with van der Waals surface area (Å²) in [5.41, 5.74) is 3.69. The lowest BCUT2D eigenvalue weighted by molar-refractivity contribution is -0.126. The lowest BCUT2D eigenvalue weighted by atomic mass is 10.1. The molecule has 1 saturated heterocycles. The van der Waals surface area contributed by atoms with Crippen LogP contribution in [0.4, 0.5) is 5.69 Å². The zero-order valence-corrected chi connectivity index (χ0v) is 16.0. The first kappa shape index (κ1) is 18.5. The highest BCUT2D eigenvalue weighted by Crippen LogP contribution is 2.18. The normalized spacial score (nSPS) is 17.6. The van der Waals surface area contributed by atoms with Gasteiger partial charge in [-0.1, -0.05) is 48.0 Å². The number of hydrogen-bond donors (Lipinski definition) is 1. The van der Waals surface area contributed by atoms with Crippen molar-refractivity contribution < 1.29 is 4.79 Å². The Morgan fingerprint density at radius 1 is 0.923 bits per heavy atom. The third-order valence-electron chi connectivity index (χ3n) is 5.30. The van der Waals surface area contributed by atoms with E-state index < -0.39 is 0 Å². The molecule has 2 atom stereocenters. The first-order chi connectivity index (χ1) is 12.5. The maximum atomic E-state index is 12.6. The SMILES string of the molecule is Cc1ccc(N2CCN(C(C)C(=O)NC(C)c3ccccc3)CC2)cc1. The molecule has 2 unspecified atom stereocenters. The second-order valence-corrected chi connectivity index (χ2v) is 7.18. The number of rotatable bonds is 5. The summed E-state index contributed by atoms with van der Waals surface area (Å²) in [5, 5.41) is 3.15. The first-order valence-electron chi connectivity index (χ1n) is 9.45. The van der Waals surface area contributed by atoms with Crippen molar-refractivity contribution in [1.29, 1.82) is 0 Å². The number of hydrogen-bond acceptors (Lipinski definition) is 3. The number of amides is 1. The van der Waals surface area contributed by atoms with E-state index in [9.17, 15) is 4.79 Å². The van der Waals surface area contributed by atoms with Gasteiger partial charge < -0.3 is 10.2 Å². The molecule has 0 radical (unpaired) electrons. The number of carbonyl (C=O) groups excluding carboxylic acids is 1. The van der Waals surface area contributed by atoms with Crippen molar-refractivity contribution in [2.75, 3.05) is 31.1 Å². The van der Waals surface area contributed by atoms with E-state index in [2.05, 4.69) is 58.4 Å². The van der Waals surface area contributed by atoms with E-state index in [1.54, 1.807) is 0 Å². The minimum atomic E-state index is -0.110. The van der Waals surface area contributed by atoms with Gasteiger partial charge in [-0.05, 0) is 38.5 Å². The average molecular weight is 351 g/mol. The van der Waals surface area contributed by atoms with Gasteiger partial charge in [-0.2, -0.15) is 0 Å². The van der Waals surface area contributed by atoms with Crippen LogP contribution in [0.1, 0.15) is 31.0 Å². The van der Waals surface area contributed by atoms with Crippen LogP contribution in [0.15, 0.2) is 54.6 Å². The summed E-state index contributed by atoms with van der Waals surface area (Å²) in [5.74, 6) is 0.102. The Kier molecular flexibility index (Phi) is 5.94. The Bertz CT molecular complexity index is 706. The smallest absolute Gasteiger partial charge is 0.237 e. The number of piperazine rings is 1. The topological polar surface area (TPSA) is 35.6 Å². The van der Waals surface area contributed by atoms with E-state index in [0.717, 1.165) is 31.7 Å². The van der Waals surface area contributed by atoms with Gasteiger partial charge in [0.25, 0.3) is 0 Å². The van der Waals surface area contributed by atoms with Gasteiger partial charge in [0.1, 0.15) is 0 Å². The Hall–Kier alpha value is -2.33. The third-order valence-corrected chi connectivity index (χ3v) is 5.30. The van der Waals surface area contributed by atoms with Crippen LogP contribution in [0, 0.1) is 6.92 Å². The highest BCUT2D eigenvalue weighted by molar-refractivity contribution is 5.81.